The summed E-state index contributed by atoms with van der Waals surface area (Å²) >= 11 is 0. The topological polar surface area (TPSA) is 105 Å². The van der Waals surface area contributed by atoms with Crippen molar-refractivity contribution in [1.82, 2.24) is 5.32 Å². The lowest BCUT2D eigenvalue weighted by Crippen LogP contribution is -2.46. The largest absolute Gasteiger partial charge is 0.472 e. The number of carbonyl (C=O) groups excluding carboxylic acids is 1. The monoisotopic (exact) mass is 828 g/mol. The van der Waals surface area contributed by atoms with E-state index in [2.05, 4.69) is 43.5 Å². The lowest BCUT2D eigenvalue weighted by Gasteiger charge is -2.26. The Hall–Kier alpha value is -1.02. The molecule has 3 unspecified atom stereocenters. The number of amides is 1. The predicted molar refractivity (Wildman–Crippen MR) is 245 cm³/mol. The third-order valence-corrected chi connectivity index (χ3v) is 11.9. The van der Waals surface area contributed by atoms with Gasteiger partial charge in [0.15, 0.2) is 0 Å². The Bertz CT molecular complexity index is 984. The van der Waals surface area contributed by atoms with Crippen LogP contribution in [0.5, 0.6) is 0 Å². The van der Waals surface area contributed by atoms with Crippen molar-refractivity contribution in [2.75, 3.05) is 40.9 Å². The molecule has 0 saturated carbocycles. The Labute approximate surface area is 354 Å². The van der Waals surface area contributed by atoms with Gasteiger partial charge in [-0.15, -0.1) is 0 Å². The molecule has 57 heavy (non-hydrogen) atoms. The maximum absolute atomic E-state index is 12.8. The van der Waals surface area contributed by atoms with E-state index in [4.69, 9.17) is 9.05 Å². The fourth-order valence-electron chi connectivity index (χ4n) is 7.08. The van der Waals surface area contributed by atoms with Crippen LogP contribution in [0.15, 0.2) is 24.3 Å². The lowest BCUT2D eigenvalue weighted by atomic mass is 10.0. The van der Waals surface area contributed by atoms with E-state index < -0.39 is 20.0 Å². The molecule has 0 aliphatic carbocycles. The average Bonchev–Trinajstić information content (AvgIpc) is 3.16. The molecule has 0 aromatic carbocycles. The molecule has 0 fully saturated rings. The van der Waals surface area contributed by atoms with E-state index in [9.17, 15) is 19.4 Å². The molecular formula is C48H96N2O6P+. The molecule has 1 amide bonds. The number of nitrogens with zero attached hydrogens (tertiary/aromatic N) is 1. The molecule has 0 spiro atoms. The van der Waals surface area contributed by atoms with Crippen molar-refractivity contribution in [3.63, 3.8) is 0 Å². The van der Waals surface area contributed by atoms with E-state index in [1.54, 1.807) is 0 Å². The van der Waals surface area contributed by atoms with E-state index in [1.807, 2.05) is 21.1 Å². The summed E-state index contributed by atoms with van der Waals surface area (Å²) in [7, 11) is 1.62. The van der Waals surface area contributed by atoms with Gasteiger partial charge in [0, 0.05) is 6.42 Å². The quantitative estimate of drug-likeness (QED) is 0.0244. The van der Waals surface area contributed by atoms with Crippen LogP contribution in [-0.2, 0) is 18.4 Å². The summed E-state index contributed by atoms with van der Waals surface area (Å²) in [5, 5.41) is 13.8. The molecule has 0 heterocycles. The van der Waals surface area contributed by atoms with Gasteiger partial charge in [-0.3, -0.25) is 13.8 Å². The van der Waals surface area contributed by atoms with E-state index in [-0.39, 0.29) is 19.1 Å². The van der Waals surface area contributed by atoms with Crippen LogP contribution in [0.2, 0.25) is 0 Å². The standard InChI is InChI=1S/C48H95N2O6P/c1-6-8-10-12-14-15-16-17-18-19-20-21-22-23-24-25-26-27-28-29-30-31-32-33-34-35-36-38-40-42-48(52)49-46(47(51)41-39-37-13-11-9-7-2)45-56-57(53,54)55-44-43-50(3,4)5/h16-17,19-20,46-47,51H,6-15,18,21-45H2,1-5H3,(H-,49,52,53,54)/p+1/b17-16-,20-19-. The van der Waals surface area contributed by atoms with Crippen molar-refractivity contribution >= 4 is 13.7 Å². The highest BCUT2D eigenvalue weighted by molar-refractivity contribution is 7.47. The van der Waals surface area contributed by atoms with Gasteiger partial charge in [-0.2, -0.15) is 0 Å². The van der Waals surface area contributed by atoms with Crippen molar-refractivity contribution in [3.8, 4) is 0 Å². The highest BCUT2D eigenvalue weighted by Gasteiger charge is 2.28. The van der Waals surface area contributed by atoms with Crippen molar-refractivity contribution in [1.29, 1.82) is 0 Å². The molecule has 0 aliphatic heterocycles. The third kappa shape index (κ3) is 42.9. The molecule has 8 nitrogen and oxygen atoms in total. The zero-order chi connectivity index (χ0) is 42.1. The van der Waals surface area contributed by atoms with Gasteiger partial charge < -0.3 is 19.8 Å². The van der Waals surface area contributed by atoms with Crippen molar-refractivity contribution in [2.24, 2.45) is 0 Å². The number of phosphoric acid groups is 1. The molecule has 0 radical (unpaired) electrons. The van der Waals surface area contributed by atoms with Gasteiger partial charge in [-0.1, -0.05) is 199 Å². The molecule has 0 rings (SSSR count). The number of likely N-dealkylation sites (N-methyl/N-ethyl adjacent to an activating group) is 1. The van der Waals surface area contributed by atoms with Gasteiger partial charge >= 0.3 is 7.82 Å². The van der Waals surface area contributed by atoms with Gasteiger partial charge in [-0.05, 0) is 44.9 Å². The molecule has 0 aromatic heterocycles. The van der Waals surface area contributed by atoms with Crippen LogP contribution in [0.3, 0.4) is 0 Å². The zero-order valence-electron chi connectivity index (χ0n) is 38.3. The first-order valence-electron chi connectivity index (χ1n) is 24.2. The van der Waals surface area contributed by atoms with Gasteiger partial charge in [-0.25, -0.2) is 4.57 Å². The molecule has 9 heteroatoms. The van der Waals surface area contributed by atoms with Gasteiger partial charge in [0.2, 0.25) is 5.91 Å². The first-order chi connectivity index (χ1) is 27.5. The molecule has 0 saturated heterocycles. The Morgan fingerprint density at radius 1 is 0.596 bits per heavy atom. The number of phosphoric ester groups is 1. The molecule has 0 bridgehead atoms. The number of allylic oxidation sites excluding steroid dienone is 4. The van der Waals surface area contributed by atoms with Crippen LogP contribution in [0.25, 0.3) is 0 Å². The minimum atomic E-state index is -4.30. The fourth-order valence-corrected chi connectivity index (χ4v) is 7.81. The second-order valence-corrected chi connectivity index (χ2v) is 19.3. The lowest BCUT2D eigenvalue weighted by molar-refractivity contribution is -0.870. The number of carbonyl (C=O) groups is 1. The second kappa shape index (κ2) is 40.4. The Morgan fingerprint density at radius 2 is 1.00 bits per heavy atom. The summed E-state index contributed by atoms with van der Waals surface area (Å²) in [6, 6.07) is -0.754. The Balaban J connectivity index is 3.90. The van der Waals surface area contributed by atoms with Crippen molar-refractivity contribution in [3.05, 3.63) is 24.3 Å². The number of hydrogen-bond acceptors (Lipinski definition) is 5. The van der Waals surface area contributed by atoms with Gasteiger partial charge in [0.1, 0.15) is 13.2 Å². The normalized spacial score (nSPS) is 14.4. The van der Waals surface area contributed by atoms with Crippen LogP contribution in [0.4, 0.5) is 0 Å². The summed E-state index contributed by atoms with van der Waals surface area (Å²) in [5.41, 5.74) is 0. The molecule has 3 N–H and O–H groups in total. The van der Waals surface area contributed by atoms with Gasteiger partial charge in [0.05, 0.1) is 39.9 Å². The maximum Gasteiger partial charge on any atom is 0.472 e. The van der Waals surface area contributed by atoms with Crippen molar-refractivity contribution in [2.45, 2.75) is 238 Å². The summed E-state index contributed by atoms with van der Waals surface area (Å²) in [5.74, 6) is -0.148. The summed E-state index contributed by atoms with van der Waals surface area (Å²) in [4.78, 5) is 23.0. The number of unbranched alkanes of at least 4 members (excludes halogenated alkanes) is 27. The van der Waals surface area contributed by atoms with Crippen LogP contribution < -0.4 is 5.32 Å². The van der Waals surface area contributed by atoms with Crippen molar-refractivity contribution < 1.29 is 32.9 Å². The fraction of sp³-hybridized carbons (Fsp3) is 0.896. The highest BCUT2D eigenvalue weighted by atomic mass is 31.2. The second-order valence-electron chi connectivity index (χ2n) is 17.8. The van der Waals surface area contributed by atoms with Crippen LogP contribution in [0.1, 0.15) is 226 Å². The summed E-state index contributed by atoms with van der Waals surface area (Å²) < 4.78 is 23.5. The number of quaternary nitrogens is 1. The molecule has 0 aromatic rings. The molecular weight excluding hydrogens is 732 g/mol. The summed E-state index contributed by atoms with van der Waals surface area (Å²) in [6.45, 7) is 4.82. The average molecular weight is 828 g/mol. The minimum Gasteiger partial charge on any atom is -0.391 e. The van der Waals surface area contributed by atoms with E-state index >= 15 is 0 Å². The number of aliphatic hydroxyl groups is 1. The first-order valence-corrected chi connectivity index (χ1v) is 25.7. The Kier molecular flexibility index (Phi) is 39.7. The van der Waals surface area contributed by atoms with Crippen LogP contribution >= 0.6 is 7.82 Å². The van der Waals surface area contributed by atoms with Crippen LogP contribution in [0, 0.1) is 0 Å². The third-order valence-electron chi connectivity index (χ3n) is 11.0. The molecule has 0 aliphatic rings. The Morgan fingerprint density at radius 3 is 1.44 bits per heavy atom. The zero-order valence-corrected chi connectivity index (χ0v) is 39.2. The smallest absolute Gasteiger partial charge is 0.391 e. The van der Waals surface area contributed by atoms with Crippen LogP contribution in [-0.4, -0.2) is 73.4 Å². The first kappa shape index (κ1) is 56.0. The van der Waals surface area contributed by atoms with E-state index in [1.165, 1.54) is 154 Å². The maximum atomic E-state index is 12.8. The number of rotatable bonds is 44. The van der Waals surface area contributed by atoms with E-state index in [0.29, 0.717) is 23.9 Å². The number of hydrogen-bond donors (Lipinski definition) is 3. The van der Waals surface area contributed by atoms with E-state index in [0.717, 1.165) is 44.9 Å². The molecule has 3 atom stereocenters. The predicted octanol–water partition coefficient (Wildman–Crippen LogP) is 13.7. The highest BCUT2D eigenvalue weighted by Crippen LogP contribution is 2.43. The SMILES string of the molecule is CCCCCCC/C=C\C/C=C\CCCCCCCCCCCCCCCCCCCC(=O)NC(COP(=O)(O)OCC[N+](C)(C)C)C(O)CCCCCCCC. The number of nitrogens with one attached hydrogen (secondary N) is 1. The number of aliphatic hydroxyl groups excluding tert-OH is 1. The molecule has 338 valence electrons. The van der Waals surface area contributed by atoms with Gasteiger partial charge in [0.25, 0.3) is 0 Å². The summed E-state index contributed by atoms with van der Waals surface area (Å²) in [6.07, 6.45) is 48.3. The minimum absolute atomic E-state index is 0.0754.